The standard InChI is InChI=1S/C8H20N6.C7H4ClNO/c9-7(10)13-5-3-1-2-4-6-14-8(11)12;8-6-2-1-3-7(4-6)9-5-10/h1-6H2,(H4,9,10,13)(H4,11,12,14);1-4H. The SMILES string of the molecule is N=C(N)NCCCCCCN=C(N)N.O=C=Nc1cccc(Cl)c1. The molecule has 0 heterocycles. The lowest BCUT2D eigenvalue weighted by Gasteiger charge is -2.02. The smallest absolute Gasteiger partial charge is 0.240 e. The molecule has 0 spiro atoms. The van der Waals surface area contributed by atoms with Crippen LogP contribution < -0.4 is 22.5 Å². The van der Waals surface area contributed by atoms with Crippen molar-refractivity contribution in [3.05, 3.63) is 29.3 Å². The van der Waals surface area contributed by atoms with Gasteiger partial charge in [0.25, 0.3) is 0 Å². The molecule has 0 fully saturated rings. The number of unbranched alkanes of at least 4 members (excludes halogenated alkanes) is 3. The summed E-state index contributed by atoms with van der Waals surface area (Å²) in [7, 11) is 0. The molecule has 0 unspecified atom stereocenters. The van der Waals surface area contributed by atoms with Gasteiger partial charge in [-0.1, -0.05) is 30.5 Å². The Morgan fingerprint density at radius 3 is 2.50 bits per heavy atom. The highest BCUT2D eigenvalue weighted by atomic mass is 35.5. The van der Waals surface area contributed by atoms with E-state index in [2.05, 4.69) is 15.3 Å². The molecular weight excluding hydrogens is 330 g/mol. The van der Waals surface area contributed by atoms with Gasteiger partial charge in [0, 0.05) is 18.1 Å². The summed E-state index contributed by atoms with van der Waals surface area (Å²) in [6, 6.07) is 6.70. The molecule has 9 heteroatoms. The van der Waals surface area contributed by atoms with Crippen LogP contribution in [0.2, 0.25) is 5.02 Å². The van der Waals surface area contributed by atoms with Crippen LogP contribution in [0.25, 0.3) is 0 Å². The predicted octanol–water partition coefficient (Wildman–Crippen LogP) is 1.61. The van der Waals surface area contributed by atoms with E-state index in [-0.39, 0.29) is 11.9 Å². The largest absolute Gasteiger partial charge is 0.370 e. The fourth-order valence-corrected chi connectivity index (χ4v) is 1.80. The molecule has 1 aromatic rings. The zero-order chi connectivity index (χ0) is 18.2. The van der Waals surface area contributed by atoms with Crippen molar-refractivity contribution in [3.8, 4) is 0 Å². The van der Waals surface area contributed by atoms with Gasteiger partial charge in [0.15, 0.2) is 11.9 Å². The number of nitrogens with one attached hydrogen (secondary N) is 2. The fourth-order valence-electron chi connectivity index (χ4n) is 1.62. The lowest BCUT2D eigenvalue weighted by atomic mass is 10.2. The highest BCUT2D eigenvalue weighted by molar-refractivity contribution is 6.30. The molecule has 0 bridgehead atoms. The first-order chi connectivity index (χ1) is 11.5. The van der Waals surface area contributed by atoms with Gasteiger partial charge in [0.2, 0.25) is 6.08 Å². The molecule has 24 heavy (non-hydrogen) atoms. The van der Waals surface area contributed by atoms with Crippen molar-refractivity contribution in [2.75, 3.05) is 13.1 Å². The lowest BCUT2D eigenvalue weighted by molar-refractivity contribution is 0.565. The minimum absolute atomic E-state index is 0.0329. The molecule has 0 aliphatic carbocycles. The summed E-state index contributed by atoms with van der Waals surface area (Å²) < 4.78 is 0. The average molecular weight is 354 g/mol. The topological polar surface area (TPSA) is 156 Å². The van der Waals surface area contributed by atoms with Crippen LogP contribution in [0.1, 0.15) is 25.7 Å². The zero-order valence-corrected chi connectivity index (χ0v) is 14.2. The van der Waals surface area contributed by atoms with Crippen LogP contribution in [-0.4, -0.2) is 31.1 Å². The number of aliphatic imine (C=N–C) groups is 2. The molecule has 0 atom stereocenters. The molecule has 8 nitrogen and oxygen atoms in total. The first kappa shape index (κ1) is 21.4. The van der Waals surface area contributed by atoms with E-state index in [4.69, 9.17) is 34.2 Å². The molecule has 1 rings (SSSR count). The normalized spacial score (nSPS) is 9.04. The van der Waals surface area contributed by atoms with Crippen molar-refractivity contribution >= 4 is 35.3 Å². The van der Waals surface area contributed by atoms with Crippen LogP contribution in [-0.2, 0) is 4.79 Å². The monoisotopic (exact) mass is 353 g/mol. The molecular formula is C15H24ClN7O. The highest BCUT2D eigenvalue weighted by Gasteiger charge is 1.91. The molecule has 0 saturated carbocycles. The van der Waals surface area contributed by atoms with Gasteiger partial charge in [-0.05, 0) is 31.0 Å². The molecule has 1 aromatic carbocycles. The van der Waals surface area contributed by atoms with Crippen molar-refractivity contribution in [1.29, 1.82) is 5.41 Å². The van der Waals surface area contributed by atoms with Crippen LogP contribution in [0.3, 0.4) is 0 Å². The summed E-state index contributed by atoms with van der Waals surface area (Å²) in [6.07, 6.45) is 5.63. The fraction of sp³-hybridized carbons (Fsp3) is 0.400. The van der Waals surface area contributed by atoms with Crippen molar-refractivity contribution < 1.29 is 4.79 Å². The minimum Gasteiger partial charge on any atom is -0.370 e. The maximum absolute atomic E-state index is 9.75. The number of nitrogens with two attached hydrogens (primary N) is 3. The number of carbonyl (C=O) groups excluding carboxylic acids is 1. The third-order valence-corrected chi connectivity index (χ3v) is 2.91. The Balaban J connectivity index is 0.000000463. The number of hydrogen-bond acceptors (Lipinski definition) is 4. The summed E-state index contributed by atoms with van der Waals surface area (Å²) in [5, 5.41) is 10.2. The Kier molecular flexibility index (Phi) is 12.5. The molecule has 8 N–H and O–H groups in total. The molecule has 0 saturated heterocycles. The second kappa shape index (κ2) is 14.0. The Morgan fingerprint density at radius 1 is 1.21 bits per heavy atom. The first-order valence-corrected chi connectivity index (χ1v) is 7.80. The van der Waals surface area contributed by atoms with Gasteiger partial charge >= 0.3 is 0 Å². The third kappa shape index (κ3) is 14.4. The van der Waals surface area contributed by atoms with Gasteiger partial charge in [-0.15, -0.1) is 0 Å². The predicted molar refractivity (Wildman–Crippen MR) is 98.3 cm³/mol. The van der Waals surface area contributed by atoms with Gasteiger partial charge < -0.3 is 22.5 Å². The summed E-state index contributed by atoms with van der Waals surface area (Å²) >= 11 is 5.59. The van der Waals surface area contributed by atoms with Crippen molar-refractivity contribution in [2.45, 2.75) is 25.7 Å². The maximum Gasteiger partial charge on any atom is 0.240 e. The summed E-state index contributed by atoms with van der Waals surface area (Å²) in [5.74, 6) is 0.189. The summed E-state index contributed by atoms with van der Waals surface area (Å²) in [4.78, 5) is 17.0. The number of guanidine groups is 2. The molecule has 0 aliphatic rings. The Hall–Kier alpha value is -2.57. The van der Waals surface area contributed by atoms with E-state index in [0.29, 0.717) is 17.3 Å². The second-order valence-corrected chi connectivity index (χ2v) is 5.18. The van der Waals surface area contributed by atoms with E-state index in [1.165, 1.54) is 6.08 Å². The summed E-state index contributed by atoms with van der Waals surface area (Å²) in [6.45, 7) is 1.46. The van der Waals surface area contributed by atoms with Gasteiger partial charge in [-0.3, -0.25) is 10.4 Å². The van der Waals surface area contributed by atoms with Crippen molar-refractivity contribution in [2.24, 2.45) is 27.2 Å². The van der Waals surface area contributed by atoms with Gasteiger partial charge in [-0.2, -0.15) is 4.99 Å². The van der Waals surface area contributed by atoms with Crippen molar-refractivity contribution in [1.82, 2.24) is 5.32 Å². The van der Waals surface area contributed by atoms with Gasteiger partial charge in [0.1, 0.15) is 0 Å². The molecule has 0 radical (unpaired) electrons. The number of halogens is 1. The maximum atomic E-state index is 9.75. The number of benzene rings is 1. The second-order valence-electron chi connectivity index (χ2n) is 4.74. The van der Waals surface area contributed by atoms with Crippen molar-refractivity contribution in [3.63, 3.8) is 0 Å². The minimum atomic E-state index is 0.0329. The molecule has 132 valence electrons. The zero-order valence-electron chi connectivity index (χ0n) is 13.5. The first-order valence-electron chi connectivity index (χ1n) is 7.42. The Bertz CT molecular complexity index is 567. The van der Waals surface area contributed by atoms with Crippen LogP contribution in [0.15, 0.2) is 34.3 Å². The van der Waals surface area contributed by atoms with Crippen LogP contribution in [0, 0.1) is 5.41 Å². The van der Waals surface area contributed by atoms with Gasteiger partial charge in [0.05, 0.1) is 5.69 Å². The summed E-state index contributed by atoms with van der Waals surface area (Å²) in [5.41, 5.74) is 16.0. The average Bonchev–Trinajstić information content (AvgIpc) is 2.50. The van der Waals surface area contributed by atoms with E-state index in [0.717, 1.165) is 32.2 Å². The quantitative estimate of drug-likeness (QED) is 0.208. The van der Waals surface area contributed by atoms with E-state index in [9.17, 15) is 4.79 Å². The number of hydrogen-bond donors (Lipinski definition) is 5. The molecule has 0 amide bonds. The van der Waals surface area contributed by atoms with E-state index in [1.54, 1.807) is 24.3 Å². The van der Waals surface area contributed by atoms with Crippen LogP contribution >= 0.6 is 11.6 Å². The number of nitrogens with zero attached hydrogens (tertiary/aromatic N) is 2. The van der Waals surface area contributed by atoms with Crippen LogP contribution in [0.4, 0.5) is 5.69 Å². The Labute approximate surface area is 146 Å². The Morgan fingerprint density at radius 2 is 1.92 bits per heavy atom. The molecule has 0 aromatic heterocycles. The third-order valence-electron chi connectivity index (χ3n) is 2.68. The number of isocyanates is 1. The van der Waals surface area contributed by atoms with E-state index in [1.807, 2.05) is 0 Å². The van der Waals surface area contributed by atoms with Crippen LogP contribution in [0.5, 0.6) is 0 Å². The van der Waals surface area contributed by atoms with Gasteiger partial charge in [-0.25, -0.2) is 4.79 Å². The number of rotatable bonds is 8. The molecule has 0 aliphatic heterocycles. The van der Waals surface area contributed by atoms with E-state index >= 15 is 0 Å². The highest BCUT2D eigenvalue weighted by Crippen LogP contribution is 2.16. The lowest BCUT2D eigenvalue weighted by Crippen LogP contribution is -2.30. The van der Waals surface area contributed by atoms with E-state index < -0.39 is 0 Å².